The zero-order valence-electron chi connectivity index (χ0n) is 12.2. The van der Waals surface area contributed by atoms with E-state index >= 15 is 0 Å². The van der Waals surface area contributed by atoms with Gasteiger partial charge < -0.3 is 9.72 Å². The summed E-state index contributed by atoms with van der Waals surface area (Å²) in [4.78, 5) is 7.36. The van der Waals surface area contributed by atoms with Crippen LogP contribution in [-0.2, 0) is 14.9 Å². The lowest BCUT2D eigenvalue weighted by atomic mass is 10.2. The van der Waals surface area contributed by atoms with Crippen molar-refractivity contribution in [3.63, 3.8) is 0 Å². The summed E-state index contributed by atoms with van der Waals surface area (Å²) in [5, 5.41) is 0. The quantitative estimate of drug-likeness (QED) is 0.867. The summed E-state index contributed by atoms with van der Waals surface area (Å²) in [6.45, 7) is 7.58. The molecule has 7 nitrogen and oxygen atoms in total. The lowest BCUT2D eigenvalue weighted by Crippen LogP contribution is -2.50. The lowest BCUT2D eigenvalue weighted by Gasteiger charge is -2.36. The predicted molar refractivity (Wildman–Crippen MR) is 75.4 cm³/mol. The molecule has 0 bridgehead atoms. The van der Waals surface area contributed by atoms with E-state index in [1.54, 1.807) is 6.20 Å². The van der Waals surface area contributed by atoms with Crippen molar-refractivity contribution in [2.24, 2.45) is 0 Å². The first kappa shape index (κ1) is 15.4. The molecule has 0 unspecified atom stereocenters. The van der Waals surface area contributed by atoms with E-state index in [9.17, 15) is 8.42 Å². The van der Waals surface area contributed by atoms with Crippen LogP contribution in [0.2, 0.25) is 0 Å². The van der Waals surface area contributed by atoms with Crippen LogP contribution in [0.1, 0.15) is 31.4 Å². The number of hydrogen-bond donors (Lipinski definition) is 1. The molecular weight excluding hydrogens is 280 g/mol. The van der Waals surface area contributed by atoms with E-state index in [1.165, 1.54) is 8.61 Å². The van der Waals surface area contributed by atoms with Gasteiger partial charge in [-0.3, -0.25) is 0 Å². The van der Waals surface area contributed by atoms with Crippen molar-refractivity contribution in [2.75, 3.05) is 32.8 Å². The highest BCUT2D eigenvalue weighted by molar-refractivity contribution is 7.86. The number of H-pyrrole nitrogens is 1. The fourth-order valence-corrected chi connectivity index (χ4v) is 4.12. The van der Waals surface area contributed by atoms with Gasteiger partial charge in [-0.05, 0) is 6.92 Å². The van der Waals surface area contributed by atoms with Gasteiger partial charge in [-0.2, -0.15) is 17.0 Å². The summed E-state index contributed by atoms with van der Waals surface area (Å²) in [7, 11) is -3.49. The minimum Gasteiger partial charge on any atom is -0.378 e. The van der Waals surface area contributed by atoms with Crippen molar-refractivity contribution in [1.29, 1.82) is 0 Å². The molecule has 8 heteroatoms. The highest BCUT2D eigenvalue weighted by Crippen LogP contribution is 2.26. The molecule has 0 spiro atoms. The number of imidazole rings is 1. The highest BCUT2D eigenvalue weighted by atomic mass is 32.2. The second kappa shape index (κ2) is 6.21. The standard InChI is InChI=1S/C12H22N4O3S/c1-4-15(5-2)20(17,18)16-6-7-19-9-11(16)12-13-8-10(3)14-12/h8,11H,4-7,9H2,1-3H3,(H,13,14)/t11-/m1/s1. The van der Waals surface area contributed by atoms with Gasteiger partial charge in [0, 0.05) is 31.5 Å². The maximum absolute atomic E-state index is 12.7. The van der Waals surface area contributed by atoms with E-state index in [0.717, 1.165) is 5.69 Å². The summed E-state index contributed by atoms with van der Waals surface area (Å²) in [5.74, 6) is 0.637. The topological polar surface area (TPSA) is 78.5 Å². The van der Waals surface area contributed by atoms with Crippen molar-refractivity contribution in [2.45, 2.75) is 26.8 Å². The third kappa shape index (κ3) is 2.88. The number of rotatable bonds is 5. The van der Waals surface area contributed by atoms with Gasteiger partial charge in [-0.25, -0.2) is 4.98 Å². The molecule has 1 aliphatic heterocycles. The molecule has 114 valence electrons. The Morgan fingerprint density at radius 3 is 2.75 bits per heavy atom. The minimum atomic E-state index is -3.49. The third-order valence-corrected chi connectivity index (χ3v) is 5.64. The Labute approximate surface area is 120 Å². The van der Waals surface area contributed by atoms with Gasteiger partial charge in [0.05, 0.1) is 13.2 Å². The SMILES string of the molecule is CCN(CC)S(=O)(=O)N1CCOC[C@@H]1c1ncc(C)[nH]1. The van der Waals surface area contributed by atoms with E-state index in [-0.39, 0.29) is 6.04 Å². The summed E-state index contributed by atoms with van der Waals surface area (Å²) in [6.07, 6.45) is 1.70. The largest absolute Gasteiger partial charge is 0.378 e. The average Bonchev–Trinajstić information content (AvgIpc) is 2.86. The van der Waals surface area contributed by atoms with Crippen molar-refractivity contribution in [1.82, 2.24) is 18.6 Å². The van der Waals surface area contributed by atoms with Crippen LogP contribution in [0.15, 0.2) is 6.20 Å². The lowest BCUT2D eigenvalue weighted by molar-refractivity contribution is 0.0265. The van der Waals surface area contributed by atoms with E-state index in [4.69, 9.17) is 4.74 Å². The second-order valence-corrected chi connectivity index (χ2v) is 6.63. The summed E-state index contributed by atoms with van der Waals surface area (Å²) < 4.78 is 33.8. The smallest absolute Gasteiger partial charge is 0.282 e. The number of nitrogens with one attached hydrogen (secondary N) is 1. The molecule has 1 aromatic heterocycles. The van der Waals surface area contributed by atoms with Crippen LogP contribution in [0, 0.1) is 6.92 Å². The Kier molecular flexibility index (Phi) is 4.79. The first-order valence-electron chi connectivity index (χ1n) is 6.86. The number of aryl methyl sites for hydroxylation is 1. The van der Waals surface area contributed by atoms with Gasteiger partial charge in [0.15, 0.2) is 0 Å². The van der Waals surface area contributed by atoms with E-state index in [1.807, 2.05) is 20.8 Å². The molecule has 0 radical (unpaired) electrons. The van der Waals surface area contributed by atoms with Gasteiger partial charge in [0.1, 0.15) is 11.9 Å². The molecule has 2 heterocycles. The normalized spacial score (nSPS) is 21.5. The molecule has 20 heavy (non-hydrogen) atoms. The number of morpholine rings is 1. The van der Waals surface area contributed by atoms with Gasteiger partial charge in [-0.15, -0.1) is 0 Å². The molecule has 0 aromatic carbocycles. The molecule has 2 rings (SSSR count). The Bertz CT molecular complexity index is 539. The first-order valence-corrected chi connectivity index (χ1v) is 8.26. The van der Waals surface area contributed by atoms with Crippen LogP contribution >= 0.6 is 0 Å². The second-order valence-electron chi connectivity index (χ2n) is 4.74. The molecule has 1 atom stereocenters. The van der Waals surface area contributed by atoms with Gasteiger partial charge >= 0.3 is 0 Å². The minimum absolute atomic E-state index is 0.327. The number of hydrogen-bond acceptors (Lipinski definition) is 4. The zero-order valence-corrected chi connectivity index (χ0v) is 13.0. The predicted octanol–water partition coefficient (Wildman–Crippen LogP) is 0.678. The first-order chi connectivity index (χ1) is 9.50. The molecule has 0 aliphatic carbocycles. The zero-order chi connectivity index (χ0) is 14.8. The van der Waals surface area contributed by atoms with E-state index in [0.29, 0.717) is 38.7 Å². The van der Waals surface area contributed by atoms with Crippen LogP contribution in [0.5, 0.6) is 0 Å². The number of aromatic amines is 1. The van der Waals surface area contributed by atoms with Gasteiger partial charge in [0.2, 0.25) is 0 Å². The van der Waals surface area contributed by atoms with E-state index < -0.39 is 10.2 Å². The van der Waals surface area contributed by atoms with Crippen molar-refractivity contribution in [3.8, 4) is 0 Å². The van der Waals surface area contributed by atoms with Gasteiger partial charge in [0.25, 0.3) is 10.2 Å². The molecule has 1 aromatic rings. The van der Waals surface area contributed by atoms with Crippen LogP contribution in [0.25, 0.3) is 0 Å². The Morgan fingerprint density at radius 1 is 1.50 bits per heavy atom. The van der Waals surface area contributed by atoms with Crippen molar-refractivity contribution < 1.29 is 13.2 Å². The molecule has 1 N–H and O–H groups in total. The monoisotopic (exact) mass is 302 g/mol. The number of aromatic nitrogens is 2. The summed E-state index contributed by atoms with van der Waals surface area (Å²) in [5.41, 5.74) is 0.908. The molecule has 0 saturated carbocycles. The Hall–Kier alpha value is -0.960. The average molecular weight is 302 g/mol. The Morgan fingerprint density at radius 2 is 2.20 bits per heavy atom. The maximum Gasteiger partial charge on any atom is 0.282 e. The Balaban J connectivity index is 2.31. The molecule has 1 saturated heterocycles. The van der Waals surface area contributed by atoms with Crippen LogP contribution in [0.3, 0.4) is 0 Å². The highest BCUT2D eigenvalue weighted by Gasteiger charge is 2.38. The summed E-state index contributed by atoms with van der Waals surface area (Å²) >= 11 is 0. The van der Waals surface area contributed by atoms with Crippen LogP contribution < -0.4 is 0 Å². The number of ether oxygens (including phenoxy) is 1. The fourth-order valence-electron chi connectivity index (χ4n) is 2.38. The summed E-state index contributed by atoms with van der Waals surface area (Å²) in [6, 6.07) is -0.386. The van der Waals surface area contributed by atoms with Crippen LogP contribution in [-0.4, -0.2) is 59.8 Å². The van der Waals surface area contributed by atoms with E-state index in [2.05, 4.69) is 9.97 Å². The van der Waals surface area contributed by atoms with Crippen molar-refractivity contribution in [3.05, 3.63) is 17.7 Å². The molecule has 1 aliphatic rings. The fraction of sp³-hybridized carbons (Fsp3) is 0.750. The van der Waals surface area contributed by atoms with Crippen molar-refractivity contribution >= 4 is 10.2 Å². The molecule has 1 fully saturated rings. The molecular formula is C12H22N4O3S. The maximum atomic E-state index is 12.7. The van der Waals surface area contributed by atoms with Gasteiger partial charge in [-0.1, -0.05) is 13.8 Å². The number of nitrogens with zero attached hydrogens (tertiary/aromatic N) is 3. The third-order valence-electron chi connectivity index (χ3n) is 3.45. The molecule has 0 amide bonds. The van der Waals surface area contributed by atoms with Crippen LogP contribution in [0.4, 0.5) is 0 Å².